The van der Waals surface area contributed by atoms with Crippen molar-refractivity contribution >= 4 is 11.0 Å². The number of aromatic amines is 2. The smallest absolute Gasteiger partial charge is 0.310 e. The van der Waals surface area contributed by atoms with Crippen molar-refractivity contribution in [2.75, 3.05) is 6.54 Å². The van der Waals surface area contributed by atoms with Crippen molar-refractivity contribution in [1.29, 1.82) is 0 Å². The molecule has 1 unspecified atom stereocenters. The van der Waals surface area contributed by atoms with Crippen LogP contribution >= 0.6 is 0 Å². The average Bonchev–Trinajstić information content (AvgIpc) is 2.84. The van der Waals surface area contributed by atoms with Crippen molar-refractivity contribution < 1.29 is 0 Å². The first-order valence-corrected chi connectivity index (χ1v) is 8.08. The normalized spacial score (nSPS) is 19.7. The van der Waals surface area contributed by atoms with Crippen molar-refractivity contribution in [3.63, 3.8) is 0 Å². The summed E-state index contributed by atoms with van der Waals surface area (Å²) in [6, 6.07) is 6.64. The summed E-state index contributed by atoms with van der Waals surface area (Å²) in [7, 11) is 0. The summed E-state index contributed by atoms with van der Waals surface area (Å²) < 4.78 is 0. The van der Waals surface area contributed by atoms with Gasteiger partial charge in [0.2, 0.25) is 0 Å². The maximum atomic E-state index is 11.4. The van der Waals surface area contributed by atoms with Gasteiger partial charge in [0.15, 0.2) is 0 Å². The Bertz CT molecular complexity index is 664. The predicted molar refractivity (Wildman–Crippen MR) is 86.5 cm³/mol. The lowest BCUT2D eigenvalue weighted by Crippen LogP contribution is -2.37. The number of benzene rings is 1. The molecule has 0 bridgehead atoms. The van der Waals surface area contributed by atoms with Gasteiger partial charge >= 0.3 is 5.69 Å². The Hall–Kier alpha value is -1.55. The number of hydrogen-bond donors (Lipinski definition) is 3. The monoisotopic (exact) mass is 287 g/mol. The van der Waals surface area contributed by atoms with Crippen molar-refractivity contribution in [3.8, 4) is 0 Å². The van der Waals surface area contributed by atoms with Gasteiger partial charge in [-0.25, -0.2) is 4.79 Å². The minimum Gasteiger partial charge on any atom is -0.310 e. The van der Waals surface area contributed by atoms with E-state index in [1.54, 1.807) is 0 Å². The molecule has 0 saturated heterocycles. The van der Waals surface area contributed by atoms with E-state index in [0.29, 0.717) is 11.5 Å². The zero-order valence-electron chi connectivity index (χ0n) is 13.0. The summed E-state index contributed by atoms with van der Waals surface area (Å²) in [6.07, 6.45) is 6.54. The van der Waals surface area contributed by atoms with Crippen LogP contribution in [0.15, 0.2) is 23.0 Å². The molecule has 1 heterocycles. The summed E-state index contributed by atoms with van der Waals surface area (Å²) in [5.74, 6) is 0. The van der Waals surface area contributed by atoms with Gasteiger partial charge in [-0.3, -0.25) is 0 Å². The molecule has 2 aromatic rings. The zero-order chi connectivity index (χ0) is 14.9. The van der Waals surface area contributed by atoms with Crippen LogP contribution in [0.2, 0.25) is 0 Å². The van der Waals surface area contributed by atoms with Crippen LogP contribution in [0.1, 0.15) is 57.6 Å². The molecule has 1 saturated carbocycles. The second kappa shape index (κ2) is 5.68. The fraction of sp³-hybridized carbons (Fsp3) is 0.588. The van der Waals surface area contributed by atoms with Gasteiger partial charge in [0.25, 0.3) is 0 Å². The molecule has 4 nitrogen and oxygen atoms in total. The minimum absolute atomic E-state index is 0.133. The van der Waals surface area contributed by atoms with Gasteiger partial charge in [-0.05, 0) is 42.5 Å². The first kappa shape index (κ1) is 14.4. The fourth-order valence-electron chi connectivity index (χ4n) is 3.85. The number of rotatable bonds is 4. The number of H-pyrrole nitrogens is 2. The van der Waals surface area contributed by atoms with Crippen LogP contribution in [-0.4, -0.2) is 16.5 Å². The Morgan fingerprint density at radius 2 is 1.90 bits per heavy atom. The number of nitrogens with one attached hydrogen (secondary N) is 3. The van der Waals surface area contributed by atoms with E-state index in [0.717, 1.165) is 17.6 Å². The molecule has 1 atom stereocenters. The highest BCUT2D eigenvalue weighted by molar-refractivity contribution is 5.75. The largest absolute Gasteiger partial charge is 0.323 e. The maximum absolute atomic E-state index is 11.4. The summed E-state index contributed by atoms with van der Waals surface area (Å²) in [4.78, 5) is 17.1. The highest BCUT2D eigenvalue weighted by atomic mass is 16.1. The van der Waals surface area contributed by atoms with Crippen molar-refractivity contribution in [2.45, 2.75) is 52.0 Å². The van der Waals surface area contributed by atoms with E-state index < -0.39 is 0 Å². The molecule has 1 aromatic heterocycles. The lowest BCUT2D eigenvalue weighted by atomic mass is 9.68. The first-order valence-electron chi connectivity index (χ1n) is 8.08. The second-order valence-electron chi connectivity index (χ2n) is 6.59. The molecule has 0 spiro atoms. The molecule has 114 valence electrons. The maximum Gasteiger partial charge on any atom is 0.323 e. The van der Waals surface area contributed by atoms with Crippen molar-refractivity contribution in [1.82, 2.24) is 15.3 Å². The topological polar surface area (TPSA) is 60.7 Å². The van der Waals surface area contributed by atoms with E-state index in [9.17, 15) is 4.79 Å². The van der Waals surface area contributed by atoms with E-state index in [1.807, 2.05) is 6.07 Å². The van der Waals surface area contributed by atoms with E-state index >= 15 is 0 Å². The Morgan fingerprint density at radius 3 is 2.62 bits per heavy atom. The Balaban J connectivity index is 1.99. The molecule has 1 fully saturated rings. The number of hydrogen-bond acceptors (Lipinski definition) is 2. The van der Waals surface area contributed by atoms with Gasteiger partial charge in [-0.15, -0.1) is 0 Å². The molecular weight excluding hydrogens is 262 g/mol. The average molecular weight is 287 g/mol. The quantitative estimate of drug-likeness (QED) is 0.806. The molecule has 3 rings (SSSR count). The third kappa shape index (κ3) is 2.77. The van der Waals surface area contributed by atoms with Crippen molar-refractivity contribution in [2.24, 2.45) is 5.41 Å². The number of fused-ring (bicyclic) bond motifs is 1. The van der Waals surface area contributed by atoms with Crippen LogP contribution in [0.5, 0.6) is 0 Å². The molecular formula is C17H25N3O. The SMILES string of the molecule is CCNC(c1ccc2[nH]c(=O)[nH]c2c1)C1(C)CCCCC1. The molecule has 3 N–H and O–H groups in total. The Labute approximate surface area is 125 Å². The zero-order valence-corrected chi connectivity index (χ0v) is 13.0. The lowest BCUT2D eigenvalue weighted by molar-refractivity contribution is 0.146. The molecule has 1 aliphatic carbocycles. The van der Waals surface area contributed by atoms with Gasteiger partial charge in [0, 0.05) is 6.04 Å². The molecule has 21 heavy (non-hydrogen) atoms. The summed E-state index contributed by atoms with van der Waals surface area (Å²) in [6.45, 7) is 5.53. The van der Waals surface area contributed by atoms with E-state index in [4.69, 9.17) is 0 Å². The van der Waals surface area contributed by atoms with Crippen molar-refractivity contribution in [3.05, 3.63) is 34.2 Å². The third-order valence-corrected chi connectivity index (χ3v) is 4.97. The minimum atomic E-state index is -0.133. The Morgan fingerprint density at radius 1 is 1.19 bits per heavy atom. The number of imidazole rings is 1. The highest BCUT2D eigenvalue weighted by Crippen LogP contribution is 2.45. The molecule has 0 aliphatic heterocycles. The standard InChI is InChI=1S/C17H25N3O/c1-3-18-15(17(2)9-5-4-6-10-17)12-7-8-13-14(11-12)20-16(21)19-13/h7-8,11,15,18H,3-6,9-10H2,1-2H3,(H2,19,20,21). The first-order chi connectivity index (χ1) is 10.1. The molecule has 0 amide bonds. The highest BCUT2D eigenvalue weighted by Gasteiger charge is 2.35. The van der Waals surface area contributed by atoms with Crippen LogP contribution in [0.4, 0.5) is 0 Å². The molecule has 1 aromatic carbocycles. The van der Waals surface area contributed by atoms with Crippen LogP contribution in [0.3, 0.4) is 0 Å². The van der Waals surface area contributed by atoms with E-state index in [2.05, 4.69) is 41.3 Å². The van der Waals surface area contributed by atoms with Gasteiger partial charge in [0.05, 0.1) is 11.0 Å². The van der Waals surface area contributed by atoms with Crippen LogP contribution in [-0.2, 0) is 0 Å². The molecule has 4 heteroatoms. The Kier molecular flexibility index (Phi) is 3.89. The van der Waals surface area contributed by atoms with Crippen LogP contribution in [0, 0.1) is 5.41 Å². The van der Waals surface area contributed by atoms with E-state index in [1.165, 1.54) is 37.7 Å². The molecule has 0 radical (unpaired) electrons. The third-order valence-electron chi connectivity index (χ3n) is 4.97. The van der Waals surface area contributed by atoms with Gasteiger partial charge < -0.3 is 15.3 Å². The van der Waals surface area contributed by atoms with Crippen LogP contribution in [0.25, 0.3) is 11.0 Å². The fourth-order valence-corrected chi connectivity index (χ4v) is 3.85. The summed E-state index contributed by atoms with van der Waals surface area (Å²) in [5, 5.41) is 3.68. The van der Waals surface area contributed by atoms with E-state index in [-0.39, 0.29) is 5.69 Å². The second-order valence-corrected chi connectivity index (χ2v) is 6.59. The number of aromatic nitrogens is 2. The van der Waals surface area contributed by atoms with Gasteiger partial charge in [-0.2, -0.15) is 0 Å². The molecule has 1 aliphatic rings. The predicted octanol–water partition coefficient (Wildman–Crippen LogP) is 3.48. The summed E-state index contributed by atoms with van der Waals surface area (Å²) >= 11 is 0. The summed E-state index contributed by atoms with van der Waals surface area (Å²) in [5.41, 5.74) is 3.24. The lowest BCUT2D eigenvalue weighted by Gasteiger charge is -2.41. The van der Waals surface area contributed by atoms with Crippen LogP contribution < -0.4 is 11.0 Å². The van der Waals surface area contributed by atoms with Gasteiger partial charge in [0.1, 0.15) is 0 Å². The van der Waals surface area contributed by atoms with Gasteiger partial charge in [-0.1, -0.05) is 39.2 Å².